The third-order valence-corrected chi connectivity index (χ3v) is 3.97. The summed E-state index contributed by atoms with van der Waals surface area (Å²) in [5, 5.41) is 2.93. The van der Waals surface area contributed by atoms with Crippen molar-refractivity contribution >= 4 is 33.2 Å². The minimum absolute atomic E-state index is 0.104. The number of benzene rings is 2. The van der Waals surface area contributed by atoms with E-state index in [-0.39, 0.29) is 5.91 Å². The molecule has 0 heterocycles. The first kappa shape index (κ1) is 15.6. The first-order valence-electron chi connectivity index (χ1n) is 6.74. The summed E-state index contributed by atoms with van der Waals surface area (Å²) in [5.74, 6) is -0.104. The van der Waals surface area contributed by atoms with Gasteiger partial charge >= 0.3 is 0 Å². The molecule has 0 aliphatic carbocycles. The third-order valence-electron chi connectivity index (χ3n) is 3.31. The van der Waals surface area contributed by atoms with E-state index in [2.05, 4.69) is 21.2 Å². The summed E-state index contributed by atoms with van der Waals surface area (Å²) in [4.78, 5) is 14.4. The van der Waals surface area contributed by atoms with E-state index >= 15 is 0 Å². The number of halogens is 1. The van der Waals surface area contributed by atoms with E-state index in [0.717, 1.165) is 27.0 Å². The lowest BCUT2D eigenvalue weighted by atomic mass is 10.1. The number of rotatable bonds is 3. The van der Waals surface area contributed by atoms with Gasteiger partial charge in [-0.05, 0) is 71.2 Å². The number of amides is 1. The van der Waals surface area contributed by atoms with Crippen LogP contribution in [0.15, 0.2) is 40.9 Å². The molecule has 0 saturated heterocycles. The Kier molecular flexibility index (Phi) is 4.68. The van der Waals surface area contributed by atoms with Crippen LogP contribution in [-0.2, 0) is 0 Å². The minimum atomic E-state index is -0.104. The Labute approximate surface area is 134 Å². The smallest absolute Gasteiger partial charge is 0.255 e. The predicted octanol–water partition coefficient (Wildman–Crippen LogP) is 4.38. The zero-order valence-electron chi connectivity index (χ0n) is 12.7. The number of carbonyl (C=O) groups is 1. The van der Waals surface area contributed by atoms with Crippen molar-refractivity contribution in [1.29, 1.82) is 0 Å². The van der Waals surface area contributed by atoms with E-state index in [9.17, 15) is 4.79 Å². The second-order valence-corrected chi connectivity index (χ2v) is 6.19. The summed E-state index contributed by atoms with van der Waals surface area (Å²) in [6.07, 6.45) is 0. The fourth-order valence-electron chi connectivity index (χ4n) is 2.21. The highest BCUT2D eigenvalue weighted by molar-refractivity contribution is 9.10. The van der Waals surface area contributed by atoms with Gasteiger partial charge in [-0.1, -0.05) is 6.07 Å². The lowest BCUT2D eigenvalue weighted by Gasteiger charge is -2.16. The molecule has 2 aromatic rings. The summed E-state index contributed by atoms with van der Waals surface area (Å²) >= 11 is 3.47. The second kappa shape index (κ2) is 6.31. The minimum Gasteiger partial charge on any atom is -0.377 e. The molecule has 21 heavy (non-hydrogen) atoms. The van der Waals surface area contributed by atoms with Gasteiger partial charge in [0.1, 0.15) is 0 Å². The van der Waals surface area contributed by atoms with Crippen molar-refractivity contribution < 1.29 is 4.79 Å². The van der Waals surface area contributed by atoms with Gasteiger partial charge in [0.05, 0.1) is 5.69 Å². The normalized spacial score (nSPS) is 10.3. The molecule has 0 saturated carbocycles. The highest BCUT2D eigenvalue weighted by atomic mass is 79.9. The van der Waals surface area contributed by atoms with Gasteiger partial charge in [-0.25, -0.2) is 0 Å². The first-order valence-corrected chi connectivity index (χ1v) is 7.53. The second-order valence-electron chi connectivity index (χ2n) is 5.33. The summed E-state index contributed by atoms with van der Waals surface area (Å²) in [6, 6.07) is 11.6. The molecule has 2 aromatic carbocycles. The molecule has 0 radical (unpaired) electrons. The molecule has 0 aliphatic rings. The maximum Gasteiger partial charge on any atom is 0.255 e. The van der Waals surface area contributed by atoms with Crippen LogP contribution in [-0.4, -0.2) is 20.0 Å². The van der Waals surface area contributed by atoms with Crippen molar-refractivity contribution in [2.45, 2.75) is 13.8 Å². The molecule has 3 nitrogen and oxygen atoms in total. The average Bonchev–Trinajstić information content (AvgIpc) is 2.41. The van der Waals surface area contributed by atoms with E-state index in [1.54, 1.807) is 0 Å². The van der Waals surface area contributed by atoms with E-state index in [1.165, 1.54) is 0 Å². The fraction of sp³-hybridized carbons (Fsp3) is 0.235. The van der Waals surface area contributed by atoms with Gasteiger partial charge < -0.3 is 10.2 Å². The maximum atomic E-state index is 12.3. The maximum absolute atomic E-state index is 12.3. The monoisotopic (exact) mass is 346 g/mol. The van der Waals surface area contributed by atoms with Gasteiger partial charge in [-0.15, -0.1) is 0 Å². The van der Waals surface area contributed by atoms with Gasteiger partial charge in [0.25, 0.3) is 5.91 Å². The number of carbonyl (C=O) groups excluding carboxylic acids is 1. The van der Waals surface area contributed by atoms with Gasteiger partial charge in [0.2, 0.25) is 0 Å². The van der Waals surface area contributed by atoms with Crippen LogP contribution in [0.25, 0.3) is 0 Å². The van der Waals surface area contributed by atoms with Gasteiger partial charge in [0, 0.05) is 29.8 Å². The fourth-order valence-corrected chi connectivity index (χ4v) is 2.81. The number of hydrogen-bond donors (Lipinski definition) is 1. The number of nitrogens with zero attached hydrogens (tertiary/aromatic N) is 1. The largest absolute Gasteiger partial charge is 0.377 e. The Balaban J connectivity index is 2.22. The molecule has 0 bridgehead atoms. The zero-order valence-corrected chi connectivity index (χ0v) is 14.3. The molecular formula is C17H19BrN2O. The van der Waals surface area contributed by atoms with Crippen LogP contribution >= 0.6 is 15.9 Å². The standard InChI is InChI=1S/C17H19BrN2O/c1-11-5-7-15(14(18)9-11)19-17(21)13-6-8-16(20(3)4)12(2)10-13/h5-10H,1-4H3,(H,19,21). The lowest BCUT2D eigenvalue weighted by Crippen LogP contribution is -2.14. The van der Waals surface area contributed by atoms with Crippen LogP contribution in [0.3, 0.4) is 0 Å². The van der Waals surface area contributed by atoms with E-state index in [1.807, 2.05) is 69.2 Å². The molecule has 2 rings (SSSR count). The van der Waals surface area contributed by atoms with Gasteiger partial charge in [-0.3, -0.25) is 4.79 Å². The van der Waals surface area contributed by atoms with Crippen molar-refractivity contribution in [2.75, 3.05) is 24.3 Å². The Morgan fingerprint density at radius 3 is 2.38 bits per heavy atom. The molecule has 0 fully saturated rings. The van der Waals surface area contributed by atoms with Gasteiger partial charge in [-0.2, -0.15) is 0 Å². The average molecular weight is 347 g/mol. The SMILES string of the molecule is Cc1ccc(NC(=O)c2ccc(N(C)C)c(C)c2)c(Br)c1. The van der Waals surface area contributed by atoms with Crippen LogP contribution in [0.4, 0.5) is 11.4 Å². The molecule has 1 N–H and O–H groups in total. The van der Waals surface area contributed by atoms with Crippen LogP contribution in [0.1, 0.15) is 21.5 Å². The van der Waals surface area contributed by atoms with Crippen LogP contribution < -0.4 is 10.2 Å². The number of nitrogens with one attached hydrogen (secondary N) is 1. The summed E-state index contributed by atoms with van der Waals surface area (Å²) < 4.78 is 0.887. The molecule has 0 spiro atoms. The lowest BCUT2D eigenvalue weighted by molar-refractivity contribution is 0.102. The summed E-state index contributed by atoms with van der Waals surface area (Å²) in [7, 11) is 3.98. The molecule has 0 atom stereocenters. The number of anilines is 2. The molecule has 4 heteroatoms. The van der Waals surface area contributed by atoms with E-state index < -0.39 is 0 Å². The molecule has 0 aromatic heterocycles. The van der Waals surface area contributed by atoms with E-state index in [0.29, 0.717) is 5.56 Å². The predicted molar refractivity (Wildman–Crippen MR) is 92.3 cm³/mol. The summed E-state index contributed by atoms with van der Waals surface area (Å²) in [6.45, 7) is 4.02. The molecule has 0 unspecified atom stereocenters. The first-order chi connectivity index (χ1) is 9.88. The van der Waals surface area contributed by atoms with Crippen molar-refractivity contribution in [2.24, 2.45) is 0 Å². The van der Waals surface area contributed by atoms with Gasteiger partial charge in [0.15, 0.2) is 0 Å². The van der Waals surface area contributed by atoms with Crippen molar-refractivity contribution in [3.05, 3.63) is 57.6 Å². The number of aryl methyl sites for hydroxylation is 2. The quantitative estimate of drug-likeness (QED) is 0.893. The van der Waals surface area contributed by atoms with Crippen molar-refractivity contribution in [3.8, 4) is 0 Å². The topological polar surface area (TPSA) is 32.3 Å². The molecular weight excluding hydrogens is 328 g/mol. The van der Waals surface area contributed by atoms with Crippen LogP contribution in [0.2, 0.25) is 0 Å². The van der Waals surface area contributed by atoms with E-state index in [4.69, 9.17) is 0 Å². The molecule has 0 aliphatic heterocycles. The van der Waals surface area contributed by atoms with Crippen molar-refractivity contribution in [1.82, 2.24) is 0 Å². The highest BCUT2D eigenvalue weighted by Crippen LogP contribution is 2.25. The third kappa shape index (κ3) is 3.64. The summed E-state index contributed by atoms with van der Waals surface area (Å²) in [5.41, 5.74) is 4.77. The van der Waals surface area contributed by atoms with Crippen LogP contribution in [0.5, 0.6) is 0 Å². The Morgan fingerprint density at radius 1 is 1.10 bits per heavy atom. The number of hydrogen-bond acceptors (Lipinski definition) is 2. The Bertz CT molecular complexity index is 680. The Morgan fingerprint density at radius 2 is 1.81 bits per heavy atom. The van der Waals surface area contributed by atoms with Crippen molar-refractivity contribution in [3.63, 3.8) is 0 Å². The van der Waals surface area contributed by atoms with Crippen LogP contribution in [0, 0.1) is 13.8 Å². The zero-order chi connectivity index (χ0) is 15.6. The molecule has 1 amide bonds. The highest BCUT2D eigenvalue weighted by Gasteiger charge is 2.10. The molecule has 110 valence electrons. The Hall–Kier alpha value is -1.81.